The van der Waals surface area contributed by atoms with E-state index >= 15 is 0 Å². The quantitative estimate of drug-likeness (QED) is 0.548. The lowest BCUT2D eigenvalue weighted by atomic mass is 9.60. The number of nitrogens with one attached hydrogen (secondary N) is 1. The number of rotatable bonds is 6. The van der Waals surface area contributed by atoms with Crippen LogP contribution in [0.2, 0.25) is 0 Å². The zero-order valence-electron chi connectivity index (χ0n) is 21.7. The van der Waals surface area contributed by atoms with E-state index in [4.69, 9.17) is 9.47 Å². The fourth-order valence-electron chi connectivity index (χ4n) is 8.63. The highest BCUT2D eigenvalue weighted by Gasteiger charge is 2.50. The summed E-state index contributed by atoms with van der Waals surface area (Å²) >= 11 is 0. The summed E-state index contributed by atoms with van der Waals surface area (Å²) in [5.41, 5.74) is 0. The smallest absolute Gasteiger partial charge is 0.101 e. The van der Waals surface area contributed by atoms with Gasteiger partial charge in [0.1, 0.15) is 6.54 Å². The Labute approximate surface area is 208 Å². The lowest BCUT2D eigenvalue weighted by Gasteiger charge is -2.54. The maximum atomic E-state index is 10.4. The average molecular weight is 479 g/mol. The summed E-state index contributed by atoms with van der Waals surface area (Å²) in [7, 11) is 0. The van der Waals surface area contributed by atoms with E-state index in [1.807, 2.05) is 0 Å². The van der Waals surface area contributed by atoms with E-state index in [-0.39, 0.29) is 18.3 Å². The summed E-state index contributed by atoms with van der Waals surface area (Å²) in [6, 6.07) is 0. The molecule has 0 aromatic heterocycles. The lowest BCUT2D eigenvalue weighted by Crippen LogP contribution is -3.13. The molecule has 34 heavy (non-hydrogen) atoms. The topological polar surface area (TPSA) is 63.4 Å². The number of fused-ring (bicyclic) bond motifs is 1. The van der Waals surface area contributed by atoms with Crippen molar-refractivity contribution in [3.8, 4) is 0 Å². The molecule has 0 bridgehead atoms. The number of hydrogen-bond acceptors (Lipinski definition) is 4. The number of likely N-dealkylation sites (tertiary alicyclic amines) is 1. The molecule has 2 saturated heterocycles. The molecule has 3 saturated carbocycles. The van der Waals surface area contributed by atoms with Crippen LogP contribution < -0.4 is 4.90 Å². The minimum atomic E-state index is -0.179. The molecule has 0 amide bonds. The zero-order valence-corrected chi connectivity index (χ0v) is 21.7. The van der Waals surface area contributed by atoms with E-state index < -0.39 is 0 Å². The fourth-order valence-corrected chi connectivity index (χ4v) is 8.63. The lowest BCUT2D eigenvalue weighted by molar-refractivity contribution is -0.905. The summed E-state index contributed by atoms with van der Waals surface area (Å²) < 4.78 is 13.4. The maximum Gasteiger partial charge on any atom is 0.101 e. The first kappa shape index (κ1) is 25.4. The summed E-state index contributed by atoms with van der Waals surface area (Å²) in [4.78, 5) is 1.74. The van der Waals surface area contributed by atoms with Gasteiger partial charge in [-0.05, 0) is 119 Å². The van der Waals surface area contributed by atoms with Crippen molar-refractivity contribution >= 4 is 0 Å². The van der Waals surface area contributed by atoms with Crippen molar-refractivity contribution in [2.24, 2.45) is 29.6 Å². The molecule has 6 unspecified atom stereocenters. The molecule has 0 aromatic carbocycles. The van der Waals surface area contributed by atoms with Gasteiger partial charge in [0.05, 0.1) is 50.2 Å². The van der Waals surface area contributed by atoms with Crippen LogP contribution in [-0.2, 0) is 9.47 Å². The molecular weight excluding hydrogens is 426 g/mol. The highest BCUT2D eigenvalue weighted by Crippen LogP contribution is 2.51. The number of aliphatic hydroxyl groups excluding tert-OH is 2. The van der Waals surface area contributed by atoms with Crippen molar-refractivity contribution in [1.29, 1.82) is 0 Å². The molecule has 6 atom stereocenters. The van der Waals surface area contributed by atoms with Gasteiger partial charge in [0, 0.05) is 0 Å². The van der Waals surface area contributed by atoms with Gasteiger partial charge in [0.15, 0.2) is 0 Å². The Morgan fingerprint density at radius 2 is 1.47 bits per heavy atom. The van der Waals surface area contributed by atoms with Crippen LogP contribution in [0.15, 0.2) is 0 Å². The Balaban J connectivity index is 1.18. The molecule has 2 aliphatic heterocycles. The van der Waals surface area contributed by atoms with Gasteiger partial charge in [0.2, 0.25) is 0 Å². The van der Waals surface area contributed by atoms with E-state index in [9.17, 15) is 10.2 Å². The number of piperidine rings is 1. The number of quaternary nitrogens is 1. The second-order valence-electron chi connectivity index (χ2n) is 12.7. The molecule has 5 heteroatoms. The first-order valence-electron chi connectivity index (χ1n) is 15.0. The predicted molar refractivity (Wildman–Crippen MR) is 134 cm³/mol. The monoisotopic (exact) mass is 478 g/mol. The van der Waals surface area contributed by atoms with E-state index in [0.717, 1.165) is 51.6 Å². The molecule has 0 radical (unpaired) electrons. The third kappa shape index (κ3) is 6.02. The van der Waals surface area contributed by atoms with E-state index in [2.05, 4.69) is 6.92 Å². The minimum Gasteiger partial charge on any atom is -0.393 e. The standard InChI is InChI=1S/C29H51NO4/c1-20-26-14-11-24(32)19-27(26)34-29(28(20)21-5-9-23(31)10-6-21)22-7-12-25(13-8-22)33-18-17-30-15-3-2-4-16-30/h20-29,31-32H,2-19H2,1H3/p+1. The molecule has 5 nitrogen and oxygen atoms in total. The average Bonchev–Trinajstić information content (AvgIpc) is 2.86. The van der Waals surface area contributed by atoms with Crippen LogP contribution in [0.4, 0.5) is 0 Å². The fraction of sp³-hybridized carbons (Fsp3) is 1.00. The molecule has 5 rings (SSSR count). The number of hydrogen-bond donors (Lipinski definition) is 3. The van der Waals surface area contributed by atoms with Crippen LogP contribution in [-0.4, -0.2) is 67.0 Å². The molecular formula is C29H52NO4+. The largest absolute Gasteiger partial charge is 0.393 e. The van der Waals surface area contributed by atoms with Gasteiger partial charge in [0.25, 0.3) is 0 Å². The van der Waals surface area contributed by atoms with Crippen molar-refractivity contribution in [3.63, 3.8) is 0 Å². The Hall–Kier alpha value is -0.200. The summed E-state index contributed by atoms with van der Waals surface area (Å²) in [5.74, 6) is 3.21. The van der Waals surface area contributed by atoms with Gasteiger partial charge in [-0.1, -0.05) is 6.92 Å². The van der Waals surface area contributed by atoms with E-state index in [1.54, 1.807) is 4.90 Å². The Morgan fingerprint density at radius 3 is 2.21 bits per heavy atom. The predicted octanol–water partition coefficient (Wildman–Crippen LogP) is 3.36. The van der Waals surface area contributed by atoms with Crippen LogP contribution >= 0.6 is 0 Å². The van der Waals surface area contributed by atoms with Crippen molar-refractivity contribution in [2.75, 3.05) is 26.2 Å². The van der Waals surface area contributed by atoms with Crippen LogP contribution in [0.3, 0.4) is 0 Å². The van der Waals surface area contributed by atoms with Crippen molar-refractivity contribution in [2.45, 2.75) is 127 Å². The van der Waals surface area contributed by atoms with Crippen molar-refractivity contribution < 1.29 is 24.6 Å². The molecule has 2 heterocycles. The van der Waals surface area contributed by atoms with E-state index in [1.165, 1.54) is 64.6 Å². The SMILES string of the molecule is CC1C2CCC(O)CC2OC(C2CCC(OCC[NH+]3CCCCC3)CC2)C1C1CCC(O)CC1. The summed E-state index contributed by atoms with van der Waals surface area (Å²) in [5, 5.41) is 20.5. The van der Waals surface area contributed by atoms with Crippen LogP contribution in [0, 0.1) is 29.6 Å². The first-order valence-corrected chi connectivity index (χ1v) is 15.0. The van der Waals surface area contributed by atoms with Crippen LogP contribution in [0.5, 0.6) is 0 Å². The first-order chi connectivity index (χ1) is 16.6. The Bertz CT molecular complexity index is 609. The van der Waals surface area contributed by atoms with Gasteiger partial charge < -0.3 is 24.6 Å². The summed E-state index contributed by atoms with van der Waals surface area (Å²) in [6.45, 7) is 7.28. The normalized spacial score (nSPS) is 46.7. The third-order valence-electron chi connectivity index (χ3n) is 10.6. The van der Waals surface area contributed by atoms with Crippen LogP contribution in [0.25, 0.3) is 0 Å². The molecule has 0 aromatic rings. The summed E-state index contributed by atoms with van der Waals surface area (Å²) in [6.07, 6.45) is 16.9. The second-order valence-corrected chi connectivity index (χ2v) is 12.7. The minimum absolute atomic E-state index is 0.0912. The molecule has 0 spiro atoms. The molecule has 3 aliphatic carbocycles. The van der Waals surface area contributed by atoms with Gasteiger partial charge in [-0.25, -0.2) is 0 Å². The highest BCUT2D eigenvalue weighted by atomic mass is 16.5. The Morgan fingerprint density at radius 1 is 0.794 bits per heavy atom. The van der Waals surface area contributed by atoms with Gasteiger partial charge in [-0.15, -0.1) is 0 Å². The van der Waals surface area contributed by atoms with Crippen LogP contribution in [0.1, 0.15) is 96.8 Å². The van der Waals surface area contributed by atoms with Gasteiger partial charge in [-0.3, -0.25) is 0 Å². The molecule has 5 aliphatic rings. The van der Waals surface area contributed by atoms with Gasteiger partial charge in [-0.2, -0.15) is 0 Å². The third-order valence-corrected chi connectivity index (χ3v) is 10.6. The second kappa shape index (κ2) is 11.9. The molecule has 5 fully saturated rings. The molecule has 196 valence electrons. The highest BCUT2D eigenvalue weighted by molar-refractivity contribution is 4.99. The number of ether oxygens (including phenoxy) is 2. The maximum absolute atomic E-state index is 10.4. The van der Waals surface area contributed by atoms with E-state index in [0.29, 0.717) is 41.8 Å². The number of aliphatic hydroxyl groups is 2. The Kier molecular flexibility index (Phi) is 8.91. The zero-order chi connectivity index (χ0) is 23.5. The van der Waals surface area contributed by atoms with Crippen molar-refractivity contribution in [1.82, 2.24) is 0 Å². The van der Waals surface area contributed by atoms with Gasteiger partial charge >= 0.3 is 0 Å². The van der Waals surface area contributed by atoms with Crippen molar-refractivity contribution in [3.05, 3.63) is 0 Å². The molecule has 3 N–H and O–H groups in total.